The number of aliphatic carboxylic acids is 1. The Balaban J connectivity index is 1.69. The zero-order chi connectivity index (χ0) is 18.0. The lowest BCUT2D eigenvalue weighted by atomic mass is 9.92. The number of carbonyl (C=O) groups excluding carboxylic acids is 2. The summed E-state index contributed by atoms with van der Waals surface area (Å²) < 4.78 is 0. The predicted molar refractivity (Wildman–Crippen MR) is 91.5 cm³/mol. The van der Waals surface area contributed by atoms with Crippen molar-refractivity contribution < 1.29 is 19.5 Å². The van der Waals surface area contributed by atoms with Crippen LogP contribution < -0.4 is 5.32 Å². The zero-order valence-electron chi connectivity index (χ0n) is 14.4. The van der Waals surface area contributed by atoms with Crippen LogP contribution in [-0.2, 0) is 14.4 Å². The molecule has 1 saturated heterocycles. The van der Waals surface area contributed by atoms with Crippen molar-refractivity contribution in [2.75, 3.05) is 13.1 Å². The molecule has 0 bridgehead atoms. The fraction of sp³-hybridized carbons (Fsp3) is 0.526. The Kier molecular flexibility index (Phi) is 5.06. The van der Waals surface area contributed by atoms with E-state index < -0.39 is 17.9 Å². The summed E-state index contributed by atoms with van der Waals surface area (Å²) in [6.07, 6.45) is 2.28. The molecule has 0 aromatic heterocycles. The third kappa shape index (κ3) is 4.18. The Hall–Kier alpha value is -2.37. The van der Waals surface area contributed by atoms with Crippen LogP contribution >= 0.6 is 0 Å². The number of hydrogen-bond donors (Lipinski definition) is 2. The standard InChI is InChI=1S/C19H24N2O4/c1-12(22)20-17(14-5-3-2-4-6-14)9-18(23)21-10-15(13-7-8-13)16(11-21)19(24)25/h2-6,13,15-17H,7-11H2,1H3,(H,20,22)(H,24,25)/t15-,16+,17?/m1/s1. The summed E-state index contributed by atoms with van der Waals surface area (Å²) in [5.74, 6) is -1.06. The van der Waals surface area contributed by atoms with Crippen LogP contribution in [-0.4, -0.2) is 40.9 Å². The van der Waals surface area contributed by atoms with E-state index in [9.17, 15) is 19.5 Å². The van der Waals surface area contributed by atoms with E-state index >= 15 is 0 Å². The Morgan fingerprint density at radius 2 is 1.88 bits per heavy atom. The molecule has 2 amide bonds. The smallest absolute Gasteiger partial charge is 0.308 e. The highest BCUT2D eigenvalue weighted by Crippen LogP contribution is 2.44. The third-order valence-corrected chi connectivity index (χ3v) is 5.22. The van der Waals surface area contributed by atoms with Crippen LogP contribution in [0.4, 0.5) is 0 Å². The molecule has 6 nitrogen and oxygen atoms in total. The van der Waals surface area contributed by atoms with E-state index in [-0.39, 0.29) is 30.7 Å². The predicted octanol–water partition coefficient (Wildman–Crippen LogP) is 1.82. The van der Waals surface area contributed by atoms with Crippen LogP contribution in [0.2, 0.25) is 0 Å². The number of carboxylic acid groups (broad SMARTS) is 1. The van der Waals surface area contributed by atoms with Crippen molar-refractivity contribution in [1.29, 1.82) is 0 Å². The maximum atomic E-state index is 12.7. The Morgan fingerprint density at radius 1 is 1.20 bits per heavy atom. The number of rotatable bonds is 6. The molecule has 3 atom stereocenters. The summed E-state index contributed by atoms with van der Waals surface area (Å²) in [7, 11) is 0. The van der Waals surface area contributed by atoms with Gasteiger partial charge in [0.25, 0.3) is 0 Å². The number of hydrogen-bond acceptors (Lipinski definition) is 3. The molecule has 6 heteroatoms. The van der Waals surface area contributed by atoms with E-state index in [2.05, 4.69) is 5.32 Å². The number of benzene rings is 1. The van der Waals surface area contributed by atoms with Gasteiger partial charge in [-0.15, -0.1) is 0 Å². The molecule has 2 aliphatic rings. The number of carboxylic acids is 1. The molecular weight excluding hydrogens is 320 g/mol. The van der Waals surface area contributed by atoms with E-state index in [4.69, 9.17) is 0 Å². The van der Waals surface area contributed by atoms with E-state index in [0.717, 1.165) is 18.4 Å². The molecule has 25 heavy (non-hydrogen) atoms. The van der Waals surface area contributed by atoms with Gasteiger partial charge in [0.1, 0.15) is 0 Å². The maximum absolute atomic E-state index is 12.7. The monoisotopic (exact) mass is 344 g/mol. The van der Waals surface area contributed by atoms with Crippen LogP contribution in [0.15, 0.2) is 30.3 Å². The molecule has 1 heterocycles. The van der Waals surface area contributed by atoms with Crippen molar-refractivity contribution in [1.82, 2.24) is 10.2 Å². The number of nitrogens with one attached hydrogen (secondary N) is 1. The van der Waals surface area contributed by atoms with Gasteiger partial charge in [-0.3, -0.25) is 14.4 Å². The van der Waals surface area contributed by atoms with Gasteiger partial charge in [0.15, 0.2) is 0 Å². The van der Waals surface area contributed by atoms with Crippen molar-refractivity contribution in [2.45, 2.75) is 32.2 Å². The first-order valence-corrected chi connectivity index (χ1v) is 8.78. The van der Waals surface area contributed by atoms with E-state index in [1.165, 1.54) is 6.92 Å². The third-order valence-electron chi connectivity index (χ3n) is 5.22. The van der Waals surface area contributed by atoms with Crippen molar-refractivity contribution >= 4 is 17.8 Å². The largest absolute Gasteiger partial charge is 0.481 e. The lowest BCUT2D eigenvalue weighted by Gasteiger charge is -2.22. The molecule has 0 radical (unpaired) electrons. The van der Waals surface area contributed by atoms with Crippen molar-refractivity contribution in [3.05, 3.63) is 35.9 Å². The van der Waals surface area contributed by atoms with E-state index in [1.807, 2.05) is 30.3 Å². The minimum Gasteiger partial charge on any atom is -0.481 e. The van der Waals surface area contributed by atoms with Crippen molar-refractivity contribution in [2.24, 2.45) is 17.8 Å². The van der Waals surface area contributed by atoms with Crippen LogP contribution in [0.5, 0.6) is 0 Å². The van der Waals surface area contributed by atoms with Gasteiger partial charge in [0.2, 0.25) is 11.8 Å². The van der Waals surface area contributed by atoms with Gasteiger partial charge in [-0.1, -0.05) is 30.3 Å². The molecule has 134 valence electrons. The molecule has 1 unspecified atom stereocenters. The van der Waals surface area contributed by atoms with Gasteiger partial charge in [0.05, 0.1) is 18.4 Å². The molecule has 0 spiro atoms. The Bertz CT molecular complexity index is 657. The first kappa shape index (κ1) is 17.5. The summed E-state index contributed by atoms with van der Waals surface area (Å²) in [6, 6.07) is 8.99. The van der Waals surface area contributed by atoms with Crippen LogP contribution in [0.3, 0.4) is 0 Å². The summed E-state index contributed by atoms with van der Waals surface area (Å²) in [5.41, 5.74) is 0.874. The second kappa shape index (κ2) is 7.25. The van der Waals surface area contributed by atoms with Crippen LogP contribution in [0.25, 0.3) is 0 Å². The van der Waals surface area contributed by atoms with Gasteiger partial charge in [-0.05, 0) is 30.2 Å². The highest BCUT2D eigenvalue weighted by Gasteiger charge is 2.46. The first-order valence-electron chi connectivity index (χ1n) is 8.78. The Labute approximate surface area is 147 Å². The minimum atomic E-state index is -0.811. The van der Waals surface area contributed by atoms with Crippen molar-refractivity contribution in [3.63, 3.8) is 0 Å². The fourth-order valence-electron chi connectivity index (χ4n) is 3.78. The summed E-state index contributed by atoms with van der Waals surface area (Å²) in [5, 5.41) is 12.3. The van der Waals surface area contributed by atoms with Gasteiger partial charge < -0.3 is 15.3 Å². The molecule has 1 aliphatic carbocycles. The average Bonchev–Trinajstić information content (AvgIpc) is 3.32. The minimum absolute atomic E-state index is 0.0670. The van der Waals surface area contributed by atoms with Crippen LogP contribution in [0, 0.1) is 17.8 Å². The topological polar surface area (TPSA) is 86.7 Å². The van der Waals surface area contributed by atoms with Gasteiger partial charge in [-0.2, -0.15) is 0 Å². The molecular formula is C19H24N2O4. The van der Waals surface area contributed by atoms with Crippen molar-refractivity contribution in [3.8, 4) is 0 Å². The Morgan fingerprint density at radius 3 is 2.44 bits per heavy atom. The average molecular weight is 344 g/mol. The molecule has 3 rings (SSSR count). The highest BCUT2D eigenvalue weighted by atomic mass is 16.4. The quantitative estimate of drug-likeness (QED) is 0.824. The molecule has 1 saturated carbocycles. The zero-order valence-corrected chi connectivity index (χ0v) is 14.4. The lowest BCUT2D eigenvalue weighted by molar-refractivity contribution is -0.142. The van der Waals surface area contributed by atoms with Gasteiger partial charge >= 0.3 is 5.97 Å². The summed E-state index contributed by atoms with van der Waals surface area (Å²) in [4.78, 5) is 37.4. The number of carbonyl (C=O) groups is 3. The molecule has 2 fully saturated rings. The second-order valence-corrected chi connectivity index (χ2v) is 7.11. The van der Waals surface area contributed by atoms with Crippen LogP contribution in [0.1, 0.15) is 37.8 Å². The molecule has 1 aliphatic heterocycles. The fourth-order valence-corrected chi connectivity index (χ4v) is 3.78. The lowest BCUT2D eigenvalue weighted by Crippen LogP contribution is -2.35. The highest BCUT2D eigenvalue weighted by molar-refractivity contribution is 5.81. The normalized spacial score (nSPS) is 24.0. The van der Waals surface area contributed by atoms with Gasteiger partial charge in [0, 0.05) is 20.0 Å². The molecule has 1 aromatic carbocycles. The SMILES string of the molecule is CC(=O)NC(CC(=O)N1C[C@H](C(=O)O)[C@@H](C2CC2)C1)c1ccccc1. The van der Waals surface area contributed by atoms with Gasteiger partial charge in [-0.25, -0.2) is 0 Å². The first-order chi connectivity index (χ1) is 12.0. The van der Waals surface area contributed by atoms with E-state index in [0.29, 0.717) is 12.5 Å². The number of likely N-dealkylation sites (tertiary alicyclic amines) is 1. The second-order valence-electron chi connectivity index (χ2n) is 7.11. The number of nitrogens with zero attached hydrogens (tertiary/aromatic N) is 1. The summed E-state index contributed by atoms with van der Waals surface area (Å²) in [6.45, 7) is 2.22. The summed E-state index contributed by atoms with van der Waals surface area (Å²) >= 11 is 0. The van der Waals surface area contributed by atoms with E-state index in [1.54, 1.807) is 4.90 Å². The molecule has 2 N–H and O–H groups in total. The number of amides is 2. The molecule has 1 aromatic rings. The maximum Gasteiger partial charge on any atom is 0.308 e.